The third-order valence-corrected chi connectivity index (χ3v) is 4.95. The molecule has 0 spiro atoms. The molecule has 4 nitrogen and oxygen atoms in total. The van der Waals surface area contributed by atoms with E-state index in [4.69, 9.17) is 0 Å². The number of hydrogen-bond acceptors (Lipinski definition) is 4. The molecular formula is C20H20N2O2. The van der Waals surface area contributed by atoms with Crippen molar-refractivity contribution in [3.05, 3.63) is 59.2 Å². The number of fused-ring (bicyclic) bond motifs is 2. The number of rotatable bonds is 3. The van der Waals surface area contributed by atoms with E-state index >= 15 is 0 Å². The molecule has 1 aliphatic carbocycles. The fourth-order valence-electron chi connectivity index (χ4n) is 3.73. The molecule has 0 saturated heterocycles. The van der Waals surface area contributed by atoms with Crippen LogP contribution in [-0.4, -0.2) is 35.9 Å². The molecule has 122 valence electrons. The highest BCUT2D eigenvalue weighted by molar-refractivity contribution is 6.43. The van der Waals surface area contributed by atoms with E-state index in [9.17, 15) is 9.59 Å². The third kappa shape index (κ3) is 2.89. The summed E-state index contributed by atoms with van der Waals surface area (Å²) < 4.78 is 0. The topological polar surface area (TPSA) is 58.5 Å². The summed E-state index contributed by atoms with van der Waals surface area (Å²) in [6.07, 6.45) is 6.47. The molecule has 0 saturated carbocycles. The smallest absolute Gasteiger partial charge is 0.182 e. The highest BCUT2D eigenvalue weighted by atomic mass is 16.1. The monoisotopic (exact) mass is 320 g/mol. The van der Waals surface area contributed by atoms with Crippen molar-refractivity contribution in [2.75, 3.05) is 6.54 Å². The predicted molar refractivity (Wildman–Crippen MR) is 93.2 cm³/mol. The Hall–Kier alpha value is -2.33. The summed E-state index contributed by atoms with van der Waals surface area (Å²) in [7, 11) is 0. The summed E-state index contributed by atoms with van der Waals surface area (Å²) >= 11 is 0. The van der Waals surface area contributed by atoms with Crippen molar-refractivity contribution in [1.29, 1.82) is 0 Å². The zero-order valence-corrected chi connectivity index (χ0v) is 13.5. The lowest BCUT2D eigenvalue weighted by atomic mass is 9.81. The maximum Gasteiger partial charge on any atom is 0.182 e. The second kappa shape index (κ2) is 6.29. The van der Waals surface area contributed by atoms with E-state index in [0.717, 1.165) is 24.0 Å². The molecule has 2 aliphatic heterocycles. The number of allylic oxidation sites excluding steroid dienone is 1. The van der Waals surface area contributed by atoms with Gasteiger partial charge in [0.25, 0.3) is 0 Å². The van der Waals surface area contributed by atoms with Crippen molar-refractivity contribution < 1.29 is 9.59 Å². The zero-order chi connectivity index (χ0) is 16.5. The van der Waals surface area contributed by atoms with Crippen LogP contribution in [0.5, 0.6) is 0 Å². The maximum atomic E-state index is 12.8. The van der Waals surface area contributed by atoms with Crippen LogP contribution in [0.3, 0.4) is 0 Å². The van der Waals surface area contributed by atoms with Crippen LogP contribution in [0, 0.1) is 0 Å². The summed E-state index contributed by atoms with van der Waals surface area (Å²) in [4.78, 5) is 29.0. The van der Waals surface area contributed by atoms with E-state index < -0.39 is 0 Å². The van der Waals surface area contributed by atoms with Crippen LogP contribution >= 0.6 is 0 Å². The first-order valence-electron chi connectivity index (χ1n) is 8.53. The van der Waals surface area contributed by atoms with Crippen LogP contribution in [0.1, 0.15) is 24.8 Å². The summed E-state index contributed by atoms with van der Waals surface area (Å²) in [6.45, 7) is 0.645. The van der Waals surface area contributed by atoms with Crippen molar-refractivity contribution in [1.82, 2.24) is 5.32 Å². The minimum atomic E-state index is -0.0923. The summed E-state index contributed by atoms with van der Waals surface area (Å²) in [5.74, 6) is 0.284. The van der Waals surface area contributed by atoms with Crippen molar-refractivity contribution in [3.8, 4) is 0 Å². The summed E-state index contributed by atoms with van der Waals surface area (Å²) in [6, 6.07) is 9.86. The minimum absolute atomic E-state index is 0.0867. The molecule has 4 heteroatoms. The molecule has 24 heavy (non-hydrogen) atoms. The van der Waals surface area contributed by atoms with Gasteiger partial charge in [0.1, 0.15) is 0 Å². The van der Waals surface area contributed by atoms with Gasteiger partial charge in [-0.05, 0) is 35.6 Å². The Balaban J connectivity index is 1.58. The number of aliphatic imine (C=N–C) groups is 1. The molecule has 1 aromatic rings. The van der Waals surface area contributed by atoms with Crippen LogP contribution in [0.2, 0.25) is 0 Å². The zero-order valence-electron chi connectivity index (χ0n) is 13.5. The Kier molecular flexibility index (Phi) is 3.98. The average Bonchev–Trinajstić information content (AvgIpc) is 2.60. The van der Waals surface area contributed by atoms with Gasteiger partial charge in [0.2, 0.25) is 0 Å². The van der Waals surface area contributed by atoms with E-state index in [1.165, 1.54) is 5.57 Å². The van der Waals surface area contributed by atoms with E-state index in [0.29, 0.717) is 25.1 Å². The minimum Gasteiger partial charge on any atom is -0.298 e. The van der Waals surface area contributed by atoms with Crippen molar-refractivity contribution >= 4 is 17.3 Å². The van der Waals surface area contributed by atoms with Gasteiger partial charge in [-0.1, -0.05) is 36.4 Å². The fraction of sp³-hybridized carbons (Fsp3) is 0.350. The highest BCUT2D eigenvalue weighted by Crippen LogP contribution is 2.29. The van der Waals surface area contributed by atoms with Crippen LogP contribution in [-0.2, 0) is 16.0 Å². The SMILES string of the molecule is O=C1C=C2C=C3CCN=C(C(=O)Cc4ccccc4)C3NC2CC1. The molecule has 2 heterocycles. The lowest BCUT2D eigenvalue weighted by Gasteiger charge is -2.37. The highest BCUT2D eigenvalue weighted by Gasteiger charge is 2.35. The molecule has 0 fully saturated rings. The first-order valence-corrected chi connectivity index (χ1v) is 8.53. The molecular weight excluding hydrogens is 300 g/mol. The Morgan fingerprint density at radius 3 is 2.83 bits per heavy atom. The molecule has 2 atom stereocenters. The quantitative estimate of drug-likeness (QED) is 0.929. The first-order chi connectivity index (χ1) is 11.7. The standard InChI is InChI=1S/C20H20N2O2/c23-16-6-7-17-15(12-16)11-14-8-9-21-20(19(14)22-17)18(24)10-13-4-2-1-3-5-13/h1-5,11-12,17,19,22H,6-10H2. The van der Waals surface area contributed by atoms with Crippen LogP contribution in [0.25, 0.3) is 0 Å². The molecule has 3 aliphatic rings. The van der Waals surface area contributed by atoms with Crippen LogP contribution in [0.4, 0.5) is 0 Å². The molecule has 1 aromatic carbocycles. The summed E-state index contributed by atoms with van der Waals surface area (Å²) in [5.41, 5.74) is 3.90. The number of carbonyl (C=O) groups excluding carboxylic acids is 2. The first kappa shape index (κ1) is 15.2. The van der Waals surface area contributed by atoms with E-state index in [-0.39, 0.29) is 23.7 Å². The Morgan fingerprint density at radius 1 is 1.17 bits per heavy atom. The van der Waals surface area contributed by atoms with Crippen molar-refractivity contribution in [2.24, 2.45) is 4.99 Å². The van der Waals surface area contributed by atoms with E-state index in [1.54, 1.807) is 6.08 Å². The molecule has 1 N–H and O–H groups in total. The van der Waals surface area contributed by atoms with Gasteiger partial charge in [-0.15, -0.1) is 0 Å². The fourth-order valence-corrected chi connectivity index (χ4v) is 3.73. The number of Topliss-reactive ketones (excluding diaryl/α,β-unsaturated/α-hetero) is 1. The normalized spacial score (nSPS) is 25.8. The van der Waals surface area contributed by atoms with Gasteiger partial charge in [-0.3, -0.25) is 19.9 Å². The van der Waals surface area contributed by atoms with Gasteiger partial charge in [-0.2, -0.15) is 0 Å². The van der Waals surface area contributed by atoms with Gasteiger partial charge in [0.05, 0.1) is 11.8 Å². The predicted octanol–water partition coefficient (Wildman–Crippen LogP) is 2.20. The number of carbonyl (C=O) groups is 2. The number of nitrogens with one attached hydrogen (secondary N) is 1. The maximum absolute atomic E-state index is 12.8. The van der Waals surface area contributed by atoms with E-state index in [2.05, 4.69) is 16.4 Å². The van der Waals surface area contributed by atoms with Gasteiger partial charge < -0.3 is 0 Å². The number of ketones is 2. The molecule has 0 bridgehead atoms. The second-order valence-corrected chi connectivity index (χ2v) is 6.62. The van der Waals surface area contributed by atoms with E-state index in [1.807, 2.05) is 30.3 Å². The Morgan fingerprint density at radius 2 is 2.00 bits per heavy atom. The van der Waals surface area contributed by atoms with Crippen LogP contribution < -0.4 is 5.32 Å². The largest absolute Gasteiger partial charge is 0.298 e. The Labute approximate surface area is 141 Å². The number of nitrogens with zero attached hydrogens (tertiary/aromatic N) is 1. The van der Waals surface area contributed by atoms with Gasteiger partial charge in [0, 0.05) is 25.4 Å². The Bertz CT molecular complexity index is 774. The number of hydrogen-bond donors (Lipinski definition) is 1. The van der Waals surface area contributed by atoms with Crippen molar-refractivity contribution in [2.45, 2.75) is 37.8 Å². The molecule has 0 aromatic heterocycles. The lowest BCUT2D eigenvalue weighted by molar-refractivity contribution is -0.115. The second-order valence-electron chi connectivity index (χ2n) is 6.62. The average molecular weight is 320 g/mol. The summed E-state index contributed by atoms with van der Waals surface area (Å²) in [5, 5.41) is 3.55. The lowest BCUT2D eigenvalue weighted by Crippen LogP contribution is -2.52. The molecule has 0 radical (unpaired) electrons. The van der Waals surface area contributed by atoms with Crippen LogP contribution in [0.15, 0.2) is 58.6 Å². The van der Waals surface area contributed by atoms with Crippen molar-refractivity contribution in [3.63, 3.8) is 0 Å². The molecule has 4 rings (SSSR count). The number of benzene rings is 1. The van der Waals surface area contributed by atoms with Gasteiger partial charge in [-0.25, -0.2) is 0 Å². The molecule has 2 unspecified atom stereocenters. The third-order valence-electron chi connectivity index (χ3n) is 4.95. The molecule has 0 amide bonds. The van der Waals surface area contributed by atoms with Gasteiger partial charge >= 0.3 is 0 Å². The van der Waals surface area contributed by atoms with Gasteiger partial charge in [0.15, 0.2) is 11.6 Å².